The summed E-state index contributed by atoms with van der Waals surface area (Å²) in [6, 6.07) is 1.97. The third-order valence-electron chi connectivity index (χ3n) is 3.21. The van der Waals surface area contributed by atoms with E-state index in [1.807, 2.05) is 13.8 Å². The molecule has 0 aliphatic carbocycles. The Hall–Kier alpha value is -1.82. The summed E-state index contributed by atoms with van der Waals surface area (Å²) in [6.45, 7) is 5.15. The molecule has 1 amide bonds. The number of nitrogens with zero attached hydrogens (tertiary/aromatic N) is 1. The van der Waals surface area contributed by atoms with Gasteiger partial charge in [-0.3, -0.25) is 9.78 Å². The maximum Gasteiger partial charge on any atom is 0.221 e. The van der Waals surface area contributed by atoms with Crippen LogP contribution in [0.25, 0.3) is 0 Å². The van der Waals surface area contributed by atoms with Crippen molar-refractivity contribution in [3.05, 3.63) is 18.0 Å². The zero-order valence-corrected chi connectivity index (χ0v) is 13.2. The van der Waals surface area contributed by atoms with Gasteiger partial charge in [0, 0.05) is 37.8 Å². The third kappa shape index (κ3) is 5.59. The summed E-state index contributed by atoms with van der Waals surface area (Å²) < 4.78 is 10.5. The maximum atomic E-state index is 11.6. The summed E-state index contributed by atoms with van der Waals surface area (Å²) in [6.07, 6.45) is 3.05. The summed E-state index contributed by atoms with van der Waals surface area (Å²) in [5.74, 6) is 1.33. The van der Waals surface area contributed by atoms with E-state index in [-0.39, 0.29) is 11.9 Å². The quantitative estimate of drug-likeness (QED) is 0.675. The Bertz CT molecular complexity index is 452. The van der Waals surface area contributed by atoms with Crippen LogP contribution in [0.1, 0.15) is 32.4 Å². The molecular weight excluding hydrogens is 270 g/mol. The van der Waals surface area contributed by atoms with Crippen molar-refractivity contribution in [2.75, 3.05) is 20.8 Å². The van der Waals surface area contributed by atoms with Gasteiger partial charge in [-0.05, 0) is 13.3 Å². The van der Waals surface area contributed by atoms with Gasteiger partial charge in [0.25, 0.3) is 0 Å². The van der Waals surface area contributed by atoms with Crippen molar-refractivity contribution >= 4 is 5.91 Å². The molecule has 1 heterocycles. The van der Waals surface area contributed by atoms with Crippen LogP contribution < -0.4 is 20.1 Å². The molecule has 0 aromatic carbocycles. The van der Waals surface area contributed by atoms with Gasteiger partial charge in [0.2, 0.25) is 5.91 Å². The predicted molar refractivity (Wildman–Crippen MR) is 81.6 cm³/mol. The SMILES string of the molecule is CCC(C)NC(=O)CCNCc1nccc(OC)c1OC. The largest absolute Gasteiger partial charge is 0.493 e. The third-order valence-corrected chi connectivity index (χ3v) is 3.21. The van der Waals surface area contributed by atoms with Crippen LogP contribution >= 0.6 is 0 Å². The van der Waals surface area contributed by atoms with E-state index in [0.717, 1.165) is 12.1 Å². The first-order valence-electron chi connectivity index (χ1n) is 7.18. The van der Waals surface area contributed by atoms with E-state index < -0.39 is 0 Å². The van der Waals surface area contributed by atoms with Gasteiger partial charge in [-0.1, -0.05) is 6.92 Å². The lowest BCUT2D eigenvalue weighted by molar-refractivity contribution is -0.121. The van der Waals surface area contributed by atoms with Crippen LogP contribution in [-0.4, -0.2) is 37.7 Å². The number of ether oxygens (including phenoxy) is 2. The Balaban J connectivity index is 2.41. The number of carbonyl (C=O) groups excluding carboxylic acids is 1. The van der Waals surface area contributed by atoms with Crippen LogP contribution in [0, 0.1) is 0 Å². The highest BCUT2D eigenvalue weighted by atomic mass is 16.5. The van der Waals surface area contributed by atoms with E-state index in [0.29, 0.717) is 31.0 Å². The average molecular weight is 295 g/mol. The van der Waals surface area contributed by atoms with Gasteiger partial charge >= 0.3 is 0 Å². The average Bonchev–Trinajstić information content (AvgIpc) is 2.50. The molecule has 1 unspecified atom stereocenters. The molecule has 0 saturated carbocycles. The Labute approximate surface area is 126 Å². The molecule has 0 aliphatic heterocycles. The van der Waals surface area contributed by atoms with Gasteiger partial charge in [0.15, 0.2) is 11.5 Å². The number of methoxy groups -OCH3 is 2. The summed E-state index contributed by atoms with van der Waals surface area (Å²) in [7, 11) is 3.18. The Morgan fingerprint density at radius 2 is 2.14 bits per heavy atom. The maximum absolute atomic E-state index is 11.6. The first-order chi connectivity index (χ1) is 10.1. The van der Waals surface area contributed by atoms with Crippen LogP contribution in [0.3, 0.4) is 0 Å². The minimum atomic E-state index is 0.0578. The van der Waals surface area contributed by atoms with Gasteiger partial charge < -0.3 is 20.1 Å². The summed E-state index contributed by atoms with van der Waals surface area (Å²) in [5, 5.41) is 6.12. The van der Waals surface area contributed by atoms with E-state index in [9.17, 15) is 4.79 Å². The molecule has 0 spiro atoms. The summed E-state index contributed by atoms with van der Waals surface area (Å²) >= 11 is 0. The zero-order valence-electron chi connectivity index (χ0n) is 13.2. The zero-order chi connectivity index (χ0) is 15.7. The molecular formula is C15H25N3O3. The van der Waals surface area contributed by atoms with Crippen molar-refractivity contribution in [1.82, 2.24) is 15.6 Å². The number of aromatic nitrogens is 1. The van der Waals surface area contributed by atoms with Crippen molar-refractivity contribution in [1.29, 1.82) is 0 Å². The molecule has 6 heteroatoms. The number of nitrogens with one attached hydrogen (secondary N) is 2. The number of rotatable bonds is 9. The van der Waals surface area contributed by atoms with E-state index in [1.54, 1.807) is 26.5 Å². The lowest BCUT2D eigenvalue weighted by Crippen LogP contribution is -2.34. The minimum Gasteiger partial charge on any atom is -0.493 e. The highest BCUT2D eigenvalue weighted by Gasteiger charge is 2.11. The van der Waals surface area contributed by atoms with Gasteiger partial charge in [-0.25, -0.2) is 0 Å². The number of amides is 1. The molecule has 0 bridgehead atoms. The van der Waals surface area contributed by atoms with Crippen molar-refractivity contribution in [2.24, 2.45) is 0 Å². The van der Waals surface area contributed by atoms with E-state index >= 15 is 0 Å². The van der Waals surface area contributed by atoms with Gasteiger partial charge in [0.05, 0.1) is 19.9 Å². The first-order valence-corrected chi connectivity index (χ1v) is 7.18. The lowest BCUT2D eigenvalue weighted by atomic mass is 10.2. The van der Waals surface area contributed by atoms with Crippen LogP contribution in [-0.2, 0) is 11.3 Å². The Morgan fingerprint density at radius 3 is 2.76 bits per heavy atom. The van der Waals surface area contributed by atoms with Crippen LogP contribution in [0.4, 0.5) is 0 Å². The van der Waals surface area contributed by atoms with Gasteiger partial charge in [-0.15, -0.1) is 0 Å². The molecule has 0 saturated heterocycles. The smallest absolute Gasteiger partial charge is 0.221 e. The predicted octanol–water partition coefficient (Wildman–Crippen LogP) is 1.49. The molecule has 1 aromatic heterocycles. The first kappa shape index (κ1) is 17.2. The molecule has 0 aliphatic rings. The second-order valence-corrected chi connectivity index (χ2v) is 4.80. The van der Waals surface area contributed by atoms with E-state index in [2.05, 4.69) is 15.6 Å². The molecule has 1 rings (SSSR count). The lowest BCUT2D eigenvalue weighted by Gasteiger charge is -2.13. The van der Waals surface area contributed by atoms with E-state index in [1.165, 1.54) is 0 Å². The molecule has 1 aromatic rings. The number of carbonyl (C=O) groups is 1. The fraction of sp³-hybridized carbons (Fsp3) is 0.600. The normalized spacial score (nSPS) is 11.8. The molecule has 118 valence electrons. The Kier molecular flexibility index (Phi) is 7.53. The topological polar surface area (TPSA) is 72.5 Å². The van der Waals surface area contributed by atoms with Crippen molar-refractivity contribution < 1.29 is 14.3 Å². The molecule has 0 fully saturated rings. The number of hydrogen-bond donors (Lipinski definition) is 2. The molecule has 1 atom stereocenters. The van der Waals surface area contributed by atoms with E-state index in [4.69, 9.17) is 9.47 Å². The Morgan fingerprint density at radius 1 is 1.38 bits per heavy atom. The molecule has 21 heavy (non-hydrogen) atoms. The second kappa shape index (κ2) is 9.18. The number of pyridine rings is 1. The minimum absolute atomic E-state index is 0.0578. The molecule has 2 N–H and O–H groups in total. The van der Waals surface area contributed by atoms with Crippen LogP contribution in [0.2, 0.25) is 0 Å². The fourth-order valence-corrected chi connectivity index (χ4v) is 1.83. The molecule has 0 radical (unpaired) electrons. The summed E-state index contributed by atoms with van der Waals surface area (Å²) in [5.41, 5.74) is 0.763. The summed E-state index contributed by atoms with van der Waals surface area (Å²) in [4.78, 5) is 15.9. The van der Waals surface area contributed by atoms with Gasteiger partial charge in [0.1, 0.15) is 0 Å². The highest BCUT2D eigenvalue weighted by Crippen LogP contribution is 2.28. The van der Waals surface area contributed by atoms with Crippen LogP contribution in [0.5, 0.6) is 11.5 Å². The fourth-order valence-electron chi connectivity index (χ4n) is 1.83. The standard InChI is InChI=1S/C15H25N3O3/c1-5-11(2)18-14(19)7-8-16-10-12-15(21-4)13(20-3)6-9-17-12/h6,9,11,16H,5,7-8,10H2,1-4H3,(H,18,19). The monoisotopic (exact) mass is 295 g/mol. The van der Waals surface area contributed by atoms with Crippen molar-refractivity contribution in [2.45, 2.75) is 39.3 Å². The van der Waals surface area contributed by atoms with Crippen molar-refractivity contribution in [3.8, 4) is 11.5 Å². The molecule has 6 nitrogen and oxygen atoms in total. The highest BCUT2D eigenvalue weighted by molar-refractivity contribution is 5.76. The number of hydrogen-bond acceptors (Lipinski definition) is 5. The van der Waals surface area contributed by atoms with Gasteiger partial charge in [-0.2, -0.15) is 0 Å². The van der Waals surface area contributed by atoms with Crippen LogP contribution in [0.15, 0.2) is 12.3 Å². The second-order valence-electron chi connectivity index (χ2n) is 4.80. The van der Waals surface area contributed by atoms with Crippen molar-refractivity contribution in [3.63, 3.8) is 0 Å².